The van der Waals surface area contributed by atoms with Gasteiger partial charge in [-0.3, -0.25) is 4.79 Å². The lowest BCUT2D eigenvalue weighted by atomic mass is 10.1. The van der Waals surface area contributed by atoms with Crippen LogP contribution in [-0.4, -0.2) is 25.2 Å². The van der Waals surface area contributed by atoms with E-state index in [4.69, 9.17) is 4.74 Å². The van der Waals surface area contributed by atoms with E-state index >= 15 is 0 Å². The monoisotopic (exact) mass is 325 g/mol. The van der Waals surface area contributed by atoms with E-state index in [9.17, 15) is 4.79 Å². The Labute approximate surface area is 122 Å². The zero-order valence-electron chi connectivity index (χ0n) is 11.2. The van der Waals surface area contributed by atoms with E-state index in [0.717, 1.165) is 35.0 Å². The molecule has 1 saturated heterocycles. The molecule has 1 aliphatic heterocycles. The SMILES string of the molecule is Cc1ccc(Br)cc1C(=O)NCCC1CCCCO1. The van der Waals surface area contributed by atoms with E-state index in [2.05, 4.69) is 21.2 Å². The average molecular weight is 326 g/mol. The number of hydrogen-bond acceptors (Lipinski definition) is 2. The Balaban J connectivity index is 1.82. The highest BCUT2D eigenvalue weighted by molar-refractivity contribution is 9.10. The second-order valence-electron chi connectivity index (χ2n) is 4.99. The number of benzene rings is 1. The number of ether oxygens (including phenoxy) is 1. The van der Waals surface area contributed by atoms with Gasteiger partial charge in [0.15, 0.2) is 0 Å². The van der Waals surface area contributed by atoms with Gasteiger partial charge in [-0.2, -0.15) is 0 Å². The van der Waals surface area contributed by atoms with Crippen LogP contribution in [0.15, 0.2) is 22.7 Å². The molecule has 19 heavy (non-hydrogen) atoms. The molecular weight excluding hydrogens is 306 g/mol. The van der Waals surface area contributed by atoms with Gasteiger partial charge in [-0.05, 0) is 50.3 Å². The molecule has 1 fully saturated rings. The lowest BCUT2D eigenvalue weighted by Crippen LogP contribution is -2.29. The third-order valence-electron chi connectivity index (χ3n) is 3.47. The summed E-state index contributed by atoms with van der Waals surface area (Å²) in [5.41, 5.74) is 1.73. The van der Waals surface area contributed by atoms with Gasteiger partial charge in [-0.25, -0.2) is 0 Å². The van der Waals surface area contributed by atoms with Crippen molar-refractivity contribution in [3.8, 4) is 0 Å². The zero-order valence-corrected chi connectivity index (χ0v) is 12.8. The van der Waals surface area contributed by atoms with Crippen LogP contribution in [0.4, 0.5) is 0 Å². The number of nitrogens with one attached hydrogen (secondary N) is 1. The van der Waals surface area contributed by atoms with Crippen LogP contribution in [-0.2, 0) is 4.74 Å². The van der Waals surface area contributed by atoms with Crippen molar-refractivity contribution in [3.63, 3.8) is 0 Å². The Bertz CT molecular complexity index is 442. The van der Waals surface area contributed by atoms with Crippen LogP contribution in [0.5, 0.6) is 0 Å². The van der Waals surface area contributed by atoms with Gasteiger partial charge >= 0.3 is 0 Å². The minimum absolute atomic E-state index is 0.00499. The van der Waals surface area contributed by atoms with Crippen LogP contribution >= 0.6 is 15.9 Å². The summed E-state index contributed by atoms with van der Waals surface area (Å²) in [6.45, 7) is 3.49. The normalized spacial score (nSPS) is 19.2. The fraction of sp³-hybridized carbons (Fsp3) is 0.533. The highest BCUT2D eigenvalue weighted by atomic mass is 79.9. The van der Waals surface area contributed by atoms with Crippen molar-refractivity contribution in [2.45, 2.75) is 38.7 Å². The number of carbonyl (C=O) groups excluding carboxylic acids is 1. The van der Waals surface area contributed by atoms with E-state index in [-0.39, 0.29) is 5.91 Å². The first-order valence-electron chi connectivity index (χ1n) is 6.83. The number of carbonyl (C=O) groups is 1. The molecule has 0 bridgehead atoms. The summed E-state index contributed by atoms with van der Waals surface area (Å²) >= 11 is 3.40. The maximum Gasteiger partial charge on any atom is 0.251 e. The van der Waals surface area contributed by atoms with Crippen molar-refractivity contribution in [3.05, 3.63) is 33.8 Å². The Morgan fingerprint density at radius 1 is 1.47 bits per heavy atom. The predicted molar refractivity (Wildman–Crippen MR) is 79.4 cm³/mol. The molecule has 1 aliphatic rings. The molecule has 1 amide bonds. The van der Waals surface area contributed by atoms with Gasteiger partial charge in [-0.15, -0.1) is 0 Å². The summed E-state index contributed by atoms with van der Waals surface area (Å²) in [5.74, 6) is -0.00499. The molecule has 1 atom stereocenters. The Morgan fingerprint density at radius 2 is 2.32 bits per heavy atom. The lowest BCUT2D eigenvalue weighted by Gasteiger charge is -2.22. The van der Waals surface area contributed by atoms with Crippen molar-refractivity contribution in [1.82, 2.24) is 5.32 Å². The van der Waals surface area contributed by atoms with Gasteiger partial charge in [-0.1, -0.05) is 22.0 Å². The Morgan fingerprint density at radius 3 is 3.05 bits per heavy atom. The smallest absolute Gasteiger partial charge is 0.251 e. The molecule has 0 spiro atoms. The molecule has 1 heterocycles. The van der Waals surface area contributed by atoms with E-state index in [0.29, 0.717) is 12.6 Å². The number of amides is 1. The van der Waals surface area contributed by atoms with Crippen LogP contribution in [0, 0.1) is 6.92 Å². The predicted octanol–water partition coefficient (Wildman–Crippen LogP) is 3.45. The summed E-state index contributed by atoms with van der Waals surface area (Å²) in [7, 11) is 0. The van der Waals surface area contributed by atoms with Crippen LogP contribution in [0.1, 0.15) is 41.6 Å². The lowest BCUT2D eigenvalue weighted by molar-refractivity contribution is 0.0117. The van der Waals surface area contributed by atoms with Gasteiger partial charge in [0.1, 0.15) is 0 Å². The maximum atomic E-state index is 12.1. The minimum Gasteiger partial charge on any atom is -0.378 e. The molecule has 0 aromatic heterocycles. The van der Waals surface area contributed by atoms with E-state index in [1.165, 1.54) is 12.8 Å². The van der Waals surface area contributed by atoms with Gasteiger partial charge < -0.3 is 10.1 Å². The molecule has 1 aromatic carbocycles. The number of halogens is 1. The first-order valence-corrected chi connectivity index (χ1v) is 7.62. The third kappa shape index (κ3) is 4.32. The standard InChI is InChI=1S/C15H20BrNO2/c1-11-5-6-12(16)10-14(11)15(18)17-8-7-13-4-2-3-9-19-13/h5-6,10,13H,2-4,7-9H2,1H3,(H,17,18). The molecule has 1 unspecified atom stereocenters. The second kappa shape index (κ2) is 7.06. The maximum absolute atomic E-state index is 12.1. The van der Waals surface area contributed by atoms with Crippen molar-refractivity contribution in [2.24, 2.45) is 0 Å². The number of rotatable bonds is 4. The summed E-state index contributed by atoms with van der Waals surface area (Å²) in [5, 5.41) is 2.97. The third-order valence-corrected chi connectivity index (χ3v) is 3.96. The van der Waals surface area contributed by atoms with Gasteiger partial charge in [0, 0.05) is 23.2 Å². The fourth-order valence-electron chi connectivity index (χ4n) is 2.32. The van der Waals surface area contributed by atoms with Crippen molar-refractivity contribution in [2.75, 3.05) is 13.2 Å². The van der Waals surface area contributed by atoms with Crippen molar-refractivity contribution >= 4 is 21.8 Å². The molecule has 4 heteroatoms. The summed E-state index contributed by atoms with van der Waals surface area (Å²) in [4.78, 5) is 12.1. The van der Waals surface area contributed by atoms with Gasteiger partial charge in [0.2, 0.25) is 0 Å². The summed E-state index contributed by atoms with van der Waals surface area (Å²) in [6, 6.07) is 5.76. The van der Waals surface area contributed by atoms with Crippen molar-refractivity contribution < 1.29 is 9.53 Å². The molecule has 0 aliphatic carbocycles. The van der Waals surface area contributed by atoms with Crippen LogP contribution in [0.25, 0.3) is 0 Å². The number of aryl methyl sites for hydroxylation is 1. The van der Waals surface area contributed by atoms with Crippen LogP contribution in [0.3, 0.4) is 0 Å². The van der Waals surface area contributed by atoms with Crippen LogP contribution < -0.4 is 5.32 Å². The molecule has 1 N–H and O–H groups in total. The molecule has 0 radical (unpaired) electrons. The zero-order chi connectivity index (χ0) is 13.7. The quantitative estimate of drug-likeness (QED) is 0.920. The Hall–Kier alpha value is -0.870. The summed E-state index contributed by atoms with van der Waals surface area (Å²) in [6.07, 6.45) is 4.74. The molecule has 3 nitrogen and oxygen atoms in total. The van der Waals surface area contributed by atoms with Gasteiger partial charge in [0.05, 0.1) is 6.10 Å². The van der Waals surface area contributed by atoms with Crippen LogP contribution in [0.2, 0.25) is 0 Å². The summed E-state index contributed by atoms with van der Waals surface area (Å²) < 4.78 is 6.58. The average Bonchev–Trinajstić information content (AvgIpc) is 2.42. The second-order valence-corrected chi connectivity index (χ2v) is 5.91. The topological polar surface area (TPSA) is 38.3 Å². The van der Waals surface area contributed by atoms with E-state index in [1.54, 1.807) is 0 Å². The first kappa shape index (κ1) is 14.5. The fourth-order valence-corrected chi connectivity index (χ4v) is 2.68. The molecular formula is C15H20BrNO2. The van der Waals surface area contributed by atoms with Crippen molar-refractivity contribution in [1.29, 1.82) is 0 Å². The molecule has 1 aromatic rings. The molecule has 0 saturated carbocycles. The first-order chi connectivity index (χ1) is 9.16. The minimum atomic E-state index is -0.00499. The molecule has 104 valence electrons. The van der Waals surface area contributed by atoms with E-state index in [1.807, 2.05) is 25.1 Å². The largest absolute Gasteiger partial charge is 0.378 e. The highest BCUT2D eigenvalue weighted by Crippen LogP contribution is 2.17. The van der Waals surface area contributed by atoms with E-state index < -0.39 is 0 Å². The number of hydrogen-bond donors (Lipinski definition) is 1. The molecule has 2 rings (SSSR count). The Kier molecular flexibility index (Phi) is 5.40. The highest BCUT2D eigenvalue weighted by Gasteiger charge is 2.14. The van der Waals surface area contributed by atoms with Gasteiger partial charge in [0.25, 0.3) is 5.91 Å².